The van der Waals surface area contributed by atoms with Gasteiger partial charge in [-0.1, -0.05) is 0 Å². The van der Waals surface area contributed by atoms with Crippen molar-refractivity contribution in [1.29, 1.82) is 0 Å². The zero-order valence-electron chi connectivity index (χ0n) is 9.52. The molecule has 6 heteroatoms. The summed E-state index contributed by atoms with van der Waals surface area (Å²) in [5.74, 6) is 0.854. The van der Waals surface area contributed by atoms with E-state index in [4.69, 9.17) is 4.74 Å². The van der Waals surface area contributed by atoms with E-state index in [0.717, 1.165) is 16.8 Å². The predicted molar refractivity (Wildman–Crippen MR) is 67.7 cm³/mol. The molecule has 0 bridgehead atoms. The third-order valence-corrected chi connectivity index (χ3v) is 2.97. The Labute approximate surface area is 108 Å². The van der Waals surface area contributed by atoms with Crippen molar-refractivity contribution in [2.45, 2.75) is 13.0 Å². The van der Waals surface area contributed by atoms with Gasteiger partial charge in [0.25, 0.3) is 0 Å². The summed E-state index contributed by atoms with van der Waals surface area (Å²) >= 11 is 3.35. The molecule has 1 aliphatic heterocycles. The van der Waals surface area contributed by atoms with Crippen LogP contribution < -0.4 is 10.2 Å². The first-order chi connectivity index (χ1) is 8.15. The Balaban J connectivity index is 1.89. The van der Waals surface area contributed by atoms with Gasteiger partial charge in [0.15, 0.2) is 0 Å². The van der Waals surface area contributed by atoms with Gasteiger partial charge >= 0.3 is 0 Å². The number of aromatic nitrogens is 1. The van der Waals surface area contributed by atoms with E-state index < -0.39 is 0 Å². The monoisotopic (exact) mass is 299 g/mol. The van der Waals surface area contributed by atoms with Crippen LogP contribution in [0.4, 0.5) is 5.82 Å². The van der Waals surface area contributed by atoms with Crippen molar-refractivity contribution in [3.8, 4) is 0 Å². The van der Waals surface area contributed by atoms with Crippen LogP contribution in [0, 0.1) is 0 Å². The molecule has 1 fully saturated rings. The standard InChI is InChI=1S/C11H14BrN3O2/c1-8(16)13-5-10-6-15(7-17-10)11-3-2-9(12)4-14-11/h2-4,10H,5-7H2,1H3,(H,13,16)/t10-/m0/s1. The number of hydrogen-bond acceptors (Lipinski definition) is 4. The minimum absolute atomic E-state index is 0.0318. The van der Waals surface area contributed by atoms with E-state index in [0.29, 0.717) is 13.3 Å². The van der Waals surface area contributed by atoms with Gasteiger partial charge in [0.1, 0.15) is 12.5 Å². The zero-order valence-corrected chi connectivity index (χ0v) is 11.1. The lowest BCUT2D eigenvalue weighted by molar-refractivity contribution is -0.119. The predicted octanol–water partition coefficient (Wildman–Crippen LogP) is 1.14. The molecule has 0 saturated carbocycles. The summed E-state index contributed by atoms with van der Waals surface area (Å²) in [5.41, 5.74) is 0. The number of pyridine rings is 1. The van der Waals surface area contributed by atoms with Crippen LogP contribution in [0.25, 0.3) is 0 Å². The Morgan fingerprint density at radius 1 is 1.71 bits per heavy atom. The first kappa shape index (κ1) is 12.3. The fourth-order valence-corrected chi connectivity index (χ4v) is 1.88. The molecule has 2 heterocycles. The number of amides is 1. The van der Waals surface area contributed by atoms with Crippen LogP contribution in [0.15, 0.2) is 22.8 Å². The van der Waals surface area contributed by atoms with E-state index in [1.54, 1.807) is 6.20 Å². The average Bonchev–Trinajstić information content (AvgIpc) is 2.76. The van der Waals surface area contributed by atoms with Gasteiger partial charge in [0, 0.05) is 30.7 Å². The Hall–Kier alpha value is -1.14. The lowest BCUT2D eigenvalue weighted by Crippen LogP contribution is -2.33. The first-order valence-corrected chi connectivity index (χ1v) is 6.17. The molecule has 1 aromatic rings. The molecular weight excluding hydrogens is 286 g/mol. The van der Waals surface area contributed by atoms with E-state index in [1.807, 2.05) is 17.0 Å². The topological polar surface area (TPSA) is 54.5 Å². The summed E-state index contributed by atoms with van der Waals surface area (Å²) in [7, 11) is 0. The molecule has 1 N–H and O–H groups in total. The molecule has 1 amide bonds. The molecule has 2 rings (SSSR count). The van der Waals surface area contributed by atoms with Crippen LogP contribution in [0.2, 0.25) is 0 Å². The molecule has 0 unspecified atom stereocenters. The quantitative estimate of drug-likeness (QED) is 0.909. The molecule has 92 valence electrons. The van der Waals surface area contributed by atoms with Crippen LogP contribution in [0.5, 0.6) is 0 Å². The highest BCUT2D eigenvalue weighted by Gasteiger charge is 2.23. The molecule has 1 saturated heterocycles. The maximum absolute atomic E-state index is 10.8. The van der Waals surface area contributed by atoms with Gasteiger partial charge in [-0.3, -0.25) is 4.79 Å². The summed E-state index contributed by atoms with van der Waals surface area (Å²) in [6.45, 7) is 3.30. The Bertz CT molecular complexity index is 396. The highest BCUT2D eigenvalue weighted by Crippen LogP contribution is 2.18. The summed E-state index contributed by atoms with van der Waals surface area (Å²) in [5, 5.41) is 2.75. The number of carbonyl (C=O) groups is 1. The fraction of sp³-hybridized carbons (Fsp3) is 0.455. The highest BCUT2D eigenvalue weighted by atomic mass is 79.9. The van der Waals surface area contributed by atoms with Gasteiger partial charge in [-0.15, -0.1) is 0 Å². The number of nitrogens with one attached hydrogen (secondary N) is 1. The van der Waals surface area contributed by atoms with Gasteiger partial charge in [0.05, 0.1) is 6.10 Å². The molecule has 17 heavy (non-hydrogen) atoms. The van der Waals surface area contributed by atoms with Crippen LogP contribution in [0.1, 0.15) is 6.92 Å². The minimum Gasteiger partial charge on any atom is -0.354 e. The fourth-order valence-electron chi connectivity index (χ4n) is 1.64. The maximum Gasteiger partial charge on any atom is 0.216 e. The van der Waals surface area contributed by atoms with Crippen LogP contribution in [-0.2, 0) is 9.53 Å². The van der Waals surface area contributed by atoms with Crippen molar-refractivity contribution < 1.29 is 9.53 Å². The van der Waals surface area contributed by atoms with Crippen molar-refractivity contribution in [3.05, 3.63) is 22.8 Å². The molecule has 0 aromatic carbocycles. The van der Waals surface area contributed by atoms with Gasteiger partial charge < -0.3 is 15.0 Å². The smallest absolute Gasteiger partial charge is 0.216 e. The van der Waals surface area contributed by atoms with Gasteiger partial charge in [-0.05, 0) is 28.1 Å². The molecule has 5 nitrogen and oxygen atoms in total. The molecule has 1 atom stereocenters. The summed E-state index contributed by atoms with van der Waals surface area (Å²) in [4.78, 5) is 17.1. The number of halogens is 1. The first-order valence-electron chi connectivity index (χ1n) is 5.37. The zero-order chi connectivity index (χ0) is 12.3. The number of anilines is 1. The van der Waals surface area contributed by atoms with Crippen LogP contribution in [-0.4, -0.2) is 36.8 Å². The highest BCUT2D eigenvalue weighted by molar-refractivity contribution is 9.10. The second-order valence-electron chi connectivity index (χ2n) is 3.91. The number of ether oxygens (including phenoxy) is 1. The van der Waals surface area contributed by atoms with E-state index >= 15 is 0 Å². The Morgan fingerprint density at radius 2 is 2.53 bits per heavy atom. The SMILES string of the molecule is CC(=O)NC[C@H]1CN(c2ccc(Br)cn2)CO1. The average molecular weight is 300 g/mol. The van der Waals surface area contributed by atoms with Crippen LogP contribution >= 0.6 is 15.9 Å². The molecule has 1 aliphatic rings. The molecule has 0 spiro atoms. The van der Waals surface area contributed by atoms with Crippen molar-refractivity contribution in [2.24, 2.45) is 0 Å². The number of nitrogens with zero attached hydrogens (tertiary/aromatic N) is 2. The second-order valence-corrected chi connectivity index (χ2v) is 4.83. The molecular formula is C11H14BrN3O2. The van der Waals surface area contributed by atoms with Crippen molar-refractivity contribution in [2.75, 3.05) is 24.7 Å². The third kappa shape index (κ3) is 3.41. The van der Waals surface area contributed by atoms with E-state index in [1.165, 1.54) is 6.92 Å². The lowest BCUT2D eigenvalue weighted by atomic mass is 10.3. The Morgan fingerprint density at radius 3 is 3.18 bits per heavy atom. The van der Waals surface area contributed by atoms with Gasteiger partial charge in [0.2, 0.25) is 5.91 Å². The van der Waals surface area contributed by atoms with Crippen LogP contribution in [0.3, 0.4) is 0 Å². The van der Waals surface area contributed by atoms with Crippen molar-refractivity contribution >= 4 is 27.7 Å². The lowest BCUT2D eigenvalue weighted by Gasteiger charge is -2.14. The summed E-state index contributed by atoms with van der Waals surface area (Å²) in [6, 6.07) is 3.89. The normalized spacial score (nSPS) is 19.4. The molecule has 0 aliphatic carbocycles. The van der Waals surface area contributed by atoms with E-state index in [2.05, 4.69) is 26.2 Å². The number of rotatable bonds is 3. The Kier molecular flexibility index (Phi) is 3.96. The summed E-state index contributed by atoms with van der Waals surface area (Å²) < 4.78 is 6.51. The third-order valence-electron chi connectivity index (χ3n) is 2.50. The number of carbonyl (C=O) groups excluding carboxylic acids is 1. The van der Waals surface area contributed by atoms with E-state index in [-0.39, 0.29) is 12.0 Å². The number of hydrogen-bond donors (Lipinski definition) is 1. The molecule has 1 aromatic heterocycles. The van der Waals surface area contributed by atoms with Crippen molar-refractivity contribution in [1.82, 2.24) is 10.3 Å². The van der Waals surface area contributed by atoms with Crippen molar-refractivity contribution in [3.63, 3.8) is 0 Å². The second kappa shape index (κ2) is 5.46. The maximum atomic E-state index is 10.8. The largest absolute Gasteiger partial charge is 0.354 e. The molecule has 0 radical (unpaired) electrons. The van der Waals surface area contributed by atoms with E-state index in [9.17, 15) is 4.79 Å². The minimum atomic E-state index is -0.0335. The van der Waals surface area contributed by atoms with Gasteiger partial charge in [-0.2, -0.15) is 0 Å². The summed E-state index contributed by atoms with van der Waals surface area (Å²) in [6.07, 6.45) is 1.79. The van der Waals surface area contributed by atoms with Gasteiger partial charge in [-0.25, -0.2) is 4.98 Å².